The summed E-state index contributed by atoms with van der Waals surface area (Å²) in [4.78, 5) is 14.3. The van der Waals surface area contributed by atoms with E-state index in [4.69, 9.17) is 23.2 Å². The van der Waals surface area contributed by atoms with Crippen molar-refractivity contribution >= 4 is 40.7 Å². The summed E-state index contributed by atoms with van der Waals surface area (Å²) in [6.07, 6.45) is 3.19. The molecule has 0 aliphatic rings. The van der Waals surface area contributed by atoms with E-state index in [1.807, 2.05) is 44.4 Å². The van der Waals surface area contributed by atoms with Gasteiger partial charge in [0.2, 0.25) is 0 Å². The van der Waals surface area contributed by atoms with Crippen LogP contribution in [0.15, 0.2) is 48.5 Å². The molecule has 0 fully saturated rings. The molecule has 0 unspecified atom stereocenters. The minimum absolute atomic E-state index is 0.0779. The topological polar surface area (TPSA) is 32.3 Å². The van der Waals surface area contributed by atoms with Crippen molar-refractivity contribution in [3.63, 3.8) is 0 Å². The smallest absolute Gasteiger partial charge is 0.185 e. The van der Waals surface area contributed by atoms with Gasteiger partial charge in [0.05, 0.1) is 10.0 Å². The Bertz CT molecular complexity index is 725. The summed E-state index contributed by atoms with van der Waals surface area (Å²) < 4.78 is 0. The summed E-state index contributed by atoms with van der Waals surface area (Å²) in [5.41, 5.74) is 2.34. The second-order valence-electron chi connectivity index (χ2n) is 5.65. The maximum Gasteiger partial charge on any atom is 0.185 e. The Morgan fingerprint density at radius 3 is 2.50 bits per heavy atom. The lowest BCUT2D eigenvalue weighted by atomic mass is 10.1. The Kier molecular flexibility index (Phi) is 6.85. The van der Waals surface area contributed by atoms with Crippen LogP contribution >= 0.6 is 23.2 Å². The van der Waals surface area contributed by atoms with Crippen LogP contribution in [0.4, 0.5) is 5.69 Å². The lowest BCUT2D eigenvalue weighted by Crippen LogP contribution is -2.20. The van der Waals surface area contributed by atoms with Gasteiger partial charge < -0.3 is 10.2 Å². The third-order valence-corrected chi connectivity index (χ3v) is 4.29. The highest BCUT2D eigenvalue weighted by Gasteiger charge is 2.04. The molecule has 0 saturated carbocycles. The molecular weight excluding hydrogens is 343 g/mol. The molecule has 2 aromatic carbocycles. The number of likely N-dealkylation sites (N-methyl/N-ethyl adjacent to an activating group) is 1. The standard InChI is InChI=1S/C19H20Cl2N2O/c1-23(2)13-12-22-16-9-6-14(7-10-16)18(24)11-8-15-4-3-5-17(20)19(15)21/h3-11,22H,12-13H2,1-2H3. The molecule has 2 aromatic rings. The number of rotatable bonds is 7. The van der Waals surface area contributed by atoms with E-state index in [0.29, 0.717) is 15.6 Å². The first-order chi connectivity index (χ1) is 11.5. The van der Waals surface area contributed by atoms with Crippen molar-refractivity contribution in [1.29, 1.82) is 0 Å². The molecule has 0 heterocycles. The Morgan fingerprint density at radius 2 is 1.83 bits per heavy atom. The third-order valence-electron chi connectivity index (χ3n) is 3.45. The van der Waals surface area contributed by atoms with Gasteiger partial charge in [-0.15, -0.1) is 0 Å². The van der Waals surface area contributed by atoms with Crippen LogP contribution in [0, 0.1) is 0 Å². The van der Waals surface area contributed by atoms with E-state index in [2.05, 4.69) is 10.2 Å². The average molecular weight is 363 g/mol. The predicted octanol–water partition coefficient (Wildman–Crippen LogP) is 4.86. The maximum atomic E-state index is 12.2. The SMILES string of the molecule is CN(C)CCNc1ccc(C(=O)C=Cc2cccc(Cl)c2Cl)cc1. The normalized spacial score (nSPS) is 11.2. The fourth-order valence-corrected chi connectivity index (χ4v) is 2.46. The lowest BCUT2D eigenvalue weighted by molar-refractivity contribution is 0.104. The molecule has 0 atom stereocenters. The van der Waals surface area contributed by atoms with Crippen LogP contribution in [0.25, 0.3) is 6.08 Å². The van der Waals surface area contributed by atoms with Crippen LogP contribution in [0.3, 0.4) is 0 Å². The van der Waals surface area contributed by atoms with E-state index in [-0.39, 0.29) is 5.78 Å². The Balaban J connectivity index is 1.99. The Hall–Kier alpha value is -1.81. The number of anilines is 1. The van der Waals surface area contributed by atoms with E-state index in [1.165, 1.54) is 6.08 Å². The number of nitrogens with one attached hydrogen (secondary N) is 1. The molecule has 0 aromatic heterocycles. The van der Waals surface area contributed by atoms with Crippen molar-refractivity contribution in [2.24, 2.45) is 0 Å². The molecule has 126 valence electrons. The van der Waals surface area contributed by atoms with E-state index < -0.39 is 0 Å². The zero-order chi connectivity index (χ0) is 17.5. The Morgan fingerprint density at radius 1 is 1.12 bits per heavy atom. The molecular formula is C19H20Cl2N2O. The summed E-state index contributed by atoms with van der Waals surface area (Å²) in [6.45, 7) is 1.80. The second kappa shape index (κ2) is 8.88. The zero-order valence-corrected chi connectivity index (χ0v) is 15.2. The monoisotopic (exact) mass is 362 g/mol. The van der Waals surface area contributed by atoms with Gasteiger partial charge in [-0.1, -0.05) is 35.3 Å². The molecule has 0 amide bonds. The highest BCUT2D eigenvalue weighted by Crippen LogP contribution is 2.26. The fraction of sp³-hybridized carbons (Fsp3) is 0.211. The molecule has 0 radical (unpaired) electrons. The number of carbonyl (C=O) groups excluding carboxylic acids is 1. The van der Waals surface area contributed by atoms with Crippen molar-refractivity contribution in [1.82, 2.24) is 4.90 Å². The van der Waals surface area contributed by atoms with Gasteiger partial charge in [0.15, 0.2) is 5.78 Å². The molecule has 5 heteroatoms. The van der Waals surface area contributed by atoms with Gasteiger partial charge in [-0.05, 0) is 62.1 Å². The van der Waals surface area contributed by atoms with E-state index in [1.54, 1.807) is 18.2 Å². The number of nitrogens with zero attached hydrogens (tertiary/aromatic N) is 1. The number of hydrogen-bond donors (Lipinski definition) is 1. The van der Waals surface area contributed by atoms with Gasteiger partial charge in [-0.25, -0.2) is 0 Å². The molecule has 2 rings (SSSR count). The van der Waals surface area contributed by atoms with Gasteiger partial charge in [0, 0.05) is 24.3 Å². The van der Waals surface area contributed by atoms with Crippen molar-refractivity contribution in [3.8, 4) is 0 Å². The predicted molar refractivity (Wildman–Crippen MR) is 103 cm³/mol. The average Bonchev–Trinajstić information content (AvgIpc) is 2.56. The zero-order valence-electron chi connectivity index (χ0n) is 13.7. The molecule has 0 aliphatic heterocycles. The first-order valence-electron chi connectivity index (χ1n) is 7.62. The highest BCUT2D eigenvalue weighted by atomic mass is 35.5. The third kappa shape index (κ3) is 5.38. The molecule has 0 bridgehead atoms. The van der Waals surface area contributed by atoms with Gasteiger partial charge >= 0.3 is 0 Å². The maximum absolute atomic E-state index is 12.2. The van der Waals surface area contributed by atoms with Crippen molar-refractivity contribution in [2.75, 3.05) is 32.5 Å². The number of allylic oxidation sites excluding steroid dienone is 1. The van der Waals surface area contributed by atoms with Crippen LogP contribution in [0.5, 0.6) is 0 Å². The van der Waals surface area contributed by atoms with Crippen molar-refractivity contribution in [2.45, 2.75) is 0 Å². The van der Waals surface area contributed by atoms with Gasteiger partial charge in [0.1, 0.15) is 0 Å². The molecule has 0 saturated heterocycles. The summed E-state index contributed by atoms with van der Waals surface area (Å²) >= 11 is 12.1. The van der Waals surface area contributed by atoms with E-state index in [9.17, 15) is 4.79 Å². The number of ketones is 1. The van der Waals surface area contributed by atoms with Crippen LogP contribution in [0.1, 0.15) is 15.9 Å². The number of halogens is 2. The molecule has 24 heavy (non-hydrogen) atoms. The number of carbonyl (C=O) groups is 1. The molecule has 1 N–H and O–H groups in total. The summed E-state index contributed by atoms with van der Waals surface area (Å²) in [5.74, 6) is -0.0779. The summed E-state index contributed by atoms with van der Waals surface area (Å²) in [6, 6.07) is 12.8. The fourth-order valence-electron chi connectivity index (χ4n) is 2.09. The number of benzene rings is 2. The largest absolute Gasteiger partial charge is 0.384 e. The quantitative estimate of drug-likeness (QED) is 0.563. The molecule has 0 spiro atoms. The second-order valence-corrected chi connectivity index (χ2v) is 6.43. The van der Waals surface area contributed by atoms with E-state index in [0.717, 1.165) is 24.3 Å². The molecule has 0 aliphatic carbocycles. The van der Waals surface area contributed by atoms with Gasteiger partial charge in [-0.3, -0.25) is 4.79 Å². The first kappa shape index (κ1) is 18.5. The van der Waals surface area contributed by atoms with Gasteiger partial charge in [0.25, 0.3) is 0 Å². The van der Waals surface area contributed by atoms with Crippen molar-refractivity contribution in [3.05, 3.63) is 69.7 Å². The Labute approximate surface area is 152 Å². The first-order valence-corrected chi connectivity index (χ1v) is 8.38. The van der Waals surface area contributed by atoms with Crippen LogP contribution in [-0.4, -0.2) is 37.9 Å². The van der Waals surface area contributed by atoms with E-state index >= 15 is 0 Å². The lowest BCUT2D eigenvalue weighted by Gasteiger charge is -2.11. The van der Waals surface area contributed by atoms with Crippen LogP contribution in [-0.2, 0) is 0 Å². The van der Waals surface area contributed by atoms with Gasteiger partial charge in [-0.2, -0.15) is 0 Å². The molecule has 3 nitrogen and oxygen atoms in total. The van der Waals surface area contributed by atoms with Crippen LogP contribution < -0.4 is 5.32 Å². The summed E-state index contributed by atoms with van der Waals surface area (Å²) in [5, 5.41) is 4.23. The number of hydrogen-bond acceptors (Lipinski definition) is 3. The minimum Gasteiger partial charge on any atom is -0.384 e. The highest BCUT2D eigenvalue weighted by molar-refractivity contribution is 6.42. The minimum atomic E-state index is -0.0779. The van der Waals surface area contributed by atoms with Crippen LogP contribution in [0.2, 0.25) is 10.0 Å². The van der Waals surface area contributed by atoms with Crippen molar-refractivity contribution < 1.29 is 4.79 Å². The summed E-state index contributed by atoms with van der Waals surface area (Å²) in [7, 11) is 4.06.